The van der Waals surface area contributed by atoms with Crippen molar-refractivity contribution in [1.82, 2.24) is 4.98 Å². The first-order valence-electron chi connectivity index (χ1n) is 7.71. The minimum Gasteiger partial charge on any atom is -0.385 e. The number of benzene rings is 1. The highest BCUT2D eigenvalue weighted by Gasteiger charge is 2.15. The van der Waals surface area contributed by atoms with Crippen molar-refractivity contribution in [2.24, 2.45) is 0 Å². The molecular formula is C17H23N3O3S. The molecular weight excluding hydrogens is 326 g/mol. The van der Waals surface area contributed by atoms with Crippen LogP contribution in [-0.4, -0.2) is 33.7 Å². The van der Waals surface area contributed by atoms with Crippen molar-refractivity contribution in [3.8, 4) is 0 Å². The van der Waals surface area contributed by atoms with Crippen LogP contribution in [0, 0.1) is 13.8 Å². The number of hydrogen-bond donors (Lipinski definition) is 2. The molecule has 0 fully saturated rings. The number of pyridine rings is 1. The Balaban J connectivity index is 2.03. The smallest absolute Gasteiger partial charge is 0.263 e. The molecule has 0 saturated heterocycles. The lowest BCUT2D eigenvalue weighted by molar-refractivity contribution is 0.198. The van der Waals surface area contributed by atoms with Gasteiger partial charge in [-0.15, -0.1) is 0 Å². The van der Waals surface area contributed by atoms with E-state index in [2.05, 4.69) is 15.0 Å². The number of aryl methyl sites for hydroxylation is 2. The average molecular weight is 349 g/mol. The second-order valence-electron chi connectivity index (χ2n) is 5.56. The van der Waals surface area contributed by atoms with Crippen molar-refractivity contribution in [2.45, 2.75) is 25.2 Å². The third-order valence-electron chi connectivity index (χ3n) is 3.65. The van der Waals surface area contributed by atoms with Gasteiger partial charge in [0.1, 0.15) is 5.82 Å². The molecule has 2 N–H and O–H groups in total. The summed E-state index contributed by atoms with van der Waals surface area (Å²) in [4.78, 5) is 4.37. The quantitative estimate of drug-likeness (QED) is 0.716. The van der Waals surface area contributed by atoms with Gasteiger partial charge in [0.2, 0.25) is 0 Å². The van der Waals surface area contributed by atoms with Gasteiger partial charge in [0.05, 0.1) is 16.8 Å². The van der Waals surface area contributed by atoms with Crippen molar-refractivity contribution in [1.29, 1.82) is 0 Å². The molecule has 0 amide bonds. The van der Waals surface area contributed by atoms with Crippen molar-refractivity contribution < 1.29 is 13.2 Å². The molecule has 0 radical (unpaired) electrons. The Bertz CT molecular complexity index is 774. The summed E-state index contributed by atoms with van der Waals surface area (Å²) in [6, 6.07) is 8.47. The SMILES string of the molecule is COCCCNc1ccc(NS(=O)(=O)c2ccc(C)c(C)c2)nc1. The fourth-order valence-electron chi connectivity index (χ4n) is 2.09. The van der Waals surface area contributed by atoms with Crippen LogP contribution in [0.25, 0.3) is 0 Å². The van der Waals surface area contributed by atoms with Crippen LogP contribution in [0.5, 0.6) is 0 Å². The Morgan fingerprint density at radius 2 is 1.92 bits per heavy atom. The van der Waals surface area contributed by atoms with Crippen molar-refractivity contribution in [2.75, 3.05) is 30.3 Å². The number of hydrogen-bond acceptors (Lipinski definition) is 5. The van der Waals surface area contributed by atoms with Gasteiger partial charge in [0.25, 0.3) is 10.0 Å². The number of aromatic nitrogens is 1. The van der Waals surface area contributed by atoms with Crippen LogP contribution in [0.4, 0.5) is 11.5 Å². The summed E-state index contributed by atoms with van der Waals surface area (Å²) in [6.07, 6.45) is 2.49. The van der Waals surface area contributed by atoms with Gasteiger partial charge < -0.3 is 10.1 Å². The van der Waals surface area contributed by atoms with Crippen molar-refractivity contribution in [3.05, 3.63) is 47.7 Å². The van der Waals surface area contributed by atoms with Gasteiger partial charge >= 0.3 is 0 Å². The van der Waals surface area contributed by atoms with E-state index in [1.807, 2.05) is 13.8 Å². The number of sulfonamides is 1. The number of methoxy groups -OCH3 is 1. The first-order valence-corrected chi connectivity index (χ1v) is 9.19. The highest BCUT2D eigenvalue weighted by Crippen LogP contribution is 2.18. The minimum absolute atomic E-state index is 0.231. The molecule has 7 heteroatoms. The lowest BCUT2D eigenvalue weighted by atomic mass is 10.1. The molecule has 0 aliphatic carbocycles. The summed E-state index contributed by atoms with van der Waals surface area (Å²) in [7, 11) is -1.97. The first kappa shape index (κ1) is 18.2. The molecule has 130 valence electrons. The van der Waals surface area contributed by atoms with Crippen LogP contribution in [-0.2, 0) is 14.8 Å². The zero-order chi connectivity index (χ0) is 17.6. The summed E-state index contributed by atoms with van der Waals surface area (Å²) >= 11 is 0. The molecule has 0 aliphatic heterocycles. The Hall–Kier alpha value is -2.12. The normalized spacial score (nSPS) is 11.3. The zero-order valence-electron chi connectivity index (χ0n) is 14.2. The summed E-state index contributed by atoms with van der Waals surface area (Å²) in [5.41, 5.74) is 2.82. The van der Waals surface area contributed by atoms with Crippen LogP contribution in [0.15, 0.2) is 41.4 Å². The van der Waals surface area contributed by atoms with Crippen LogP contribution >= 0.6 is 0 Å². The number of nitrogens with zero attached hydrogens (tertiary/aromatic N) is 1. The average Bonchev–Trinajstić information content (AvgIpc) is 2.55. The van der Waals surface area contributed by atoms with Gasteiger partial charge in [-0.3, -0.25) is 4.72 Å². The monoisotopic (exact) mass is 349 g/mol. The molecule has 1 aromatic heterocycles. The second-order valence-corrected chi connectivity index (χ2v) is 7.24. The summed E-state index contributed by atoms with van der Waals surface area (Å²) < 4.78 is 32.3. The topological polar surface area (TPSA) is 80.3 Å². The molecule has 0 bridgehead atoms. The molecule has 2 rings (SSSR count). The maximum Gasteiger partial charge on any atom is 0.263 e. The summed E-state index contributed by atoms with van der Waals surface area (Å²) in [5.74, 6) is 0.288. The number of ether oxygens (including phenoxy) is 1. The predicted molar refractivity (Wildman–Crippen MR) is 95.9 cm³/mol. The third kappa shape index (κ3) is 4.94. The highest BCUT2D eigenvalue weighted by molar-refractivity contribution is 7.92. The van der Waals surface area contributed by atoms with Gasteiger partial charge in [-0.2, -0.15) is 0 Å². The Labute approximate surface area is 143 Å². The van der Waals surface area contributed by atoms with Crippen LogP contribution in [0.2, 0.25) is 0 Å². The Morgan fingerprint density at radius 1 is 1.12 bits per heavy atom. The van der Waals surface area contributed by atoms with Crippen LogP contribution < -0.4 is 10.0 Å². The molecule has 0 spiro atoms. The van der Waals surface area contributed by atoms with Crippen molar-refractivity contribution >= 4 is 21.5 Å². The van der Waals surface area contributed by atoms with Gasteiger partial charge in [-0.25, -0.2) is 13.4 Å². The molecule has 24 heavy (non-hydrogen) atoms. The lowest BCUT2D eigenvalue weighted by Gasteiger charge is -2.10. The third-order valence-corrected chi connectivity index (χ3v) is 5.00. The molecule has 0 atom stereocenters. The lowest BCUT2D eigenvalue weighted by Crippen LogP contribution is -2.14. The van der Waals surface area contributed by atoms with E-state index in [4.69, 9.17) is 4.74 Å². The van der Waals surface area contributed by atoms with Gasteiger partial charge in [-0.05, 0) is 55.7 Å². The van der Waals surface area contributed by atoms with E-state index in [0.717, 1.165) is 29.8 Å². The maximum absolute atomic E-state index is 12.4. The molecule has 1 aromatic carbocycles. The predicted octanol–water partition coefficient (Wildman–Crippen LogP) is 2.95. The first-order chi connectivity index (χ1) is 11.4. The summed E-state index contributed by atoms with van der Waals surface area (Å²) in [6.45, 7) is 5.28. The van der Waals surface area contributed by atoms with E-state index in [-0.39, 0.29) is 10.7 Å². The fraction of sp³-hybridized carbons (Fsp3) is 0.353. The molecule has 6 nitrogen and oxygen atoms in total. The number of anilines is 2. The van der Waals surface area contributed by atoms with E-state index in [1.54, 1.807) is 43.6 Å². The standard InChI is InChI=1S/C17H23N3O3S/c1-13-5-7-16(11-14(13)2)24(21,22)20-17-8-6-15(12-19-17)18-9-4-10-23-3/h5-8,11-12,18H,4,9-10H2,1-3H3,(H,19,20). The maximum atomic E-state index is 12.4. The molecule has 0 saturated carbocycles. The fourth-order valence-corrected chi connectivity index (χ4v) is 3.18. The van der Waals surface area contributed by atoms with Crippen molar-refractivity contribution in [3.63, 3.8) is 0 Å². The zero-order valence-corrected chi connectivity index (χ0v) is 15.0. The molecule has 0 aliphatic rings. The second kappa shape index (κ2) is 8.12. The van der Waals surface area contributed by atoms with Gasteiger partial charge in [-0.1, -0.05) is 6.07 Å². The summed E-state index contributed by atoms with van der Waals surface area (Å²) in [5, 5.41) is 3.20. The van der Waals surface area contributed by atoms with Gasteiger partial charge in [0.15, 0.2) is 0 Å². The highest BCUT2D eigenvalue weighted by atomic mass is 32.2. The molecule has 0 unspecified atom stereocenters. The molecule has 1 heterocycles. The van der Waals surface area contributed by atoms with E-state index >= 15 is 0 Å². The minimum atomic E-state index is -3.64. The van der Waals surface area contributed by atoms with E-state index in [1.165, 1.54) is 0 Å². The largest absolute Gasteiger partial charge is 0.385 e. The van der Waals surface area contributed by atoms with Gasteiger partial charge in [0, 0.05) is 20.3 Å². The number of rotatable bonds is 8. The van der Waals surface area contributed by atoms with Crippen LogP contribution in [0.3, 0.4) is 0 Å². The van der Waals surface area contributed by atoms with E-state index in [9.17, 15) is 8.42 Å². The van der Waals surface area contributed by atoms with Crippen LogP contribution in [0.1, 0.15) is 17.5 Å². The van der Waals surface area contributed by atoms with E-state index in [0.29, 0.717) is 6.61 Å². The Kier molecular flexibility index (Phi) is 6.16. The molecule has 2 aromatic rings. The van der Waals surface area contributed by atoms with E-state index < -0.39 is 10.0 Å². The number of nitrogens with one attached hydrogen (secondary N) is 2. The Morgan fingerprint density at radius 3 is 2.54 bits per heavy atom.